The minimum absolute atomic E-state index is 0.138. The molecule has 0 fully saturated rings. The topological polar surface area (TPSA) is 86.9 Å². The first-order valence-electron chi connectivity index (χ1n) is 10.6. The Morgan fingerprint density at radius 2 is 1.69 bits per heavy atom. The van der Waals surface area contributed by atoms with Crippen molar-refractivity contribution in [2.24, 2.45) is 0 Å². The van der Waals surface area contributed by atoms with Crippen LogP contribution in [0.5, 0.6) is 0 Å². The molecule has 2 aromatic carbocycles. The third-order valence-electron chi connectivity index (χ3n) is 5.56. The van der Waals surface area contributed by atoms with Gasteiger partial charge in [-0.1, -0.05) is 36.4 Å². The molecule has 0 saturated carbocycles. The lowest BCUT2D eigenvalue weighted by Crippen LogP contribution is -2.12. The van der Waals surface area contributed by atoms with Gasteiger partial charge >= 0.3 is 0 Å². The van der Waals surface area contributed by atoms with E-state index in [1.54, 1.807) is 18.3 Å². The molecule has 0 radical (unpaired) electrons. The Kier molecular flexibility index (Phi) is 5.25. The second-order valence-corrected chi connectivity index (χ2v) is 7.75. The van der Waals surface area contributed by atoms with Gasteiger partial charge in [0.25, 0.3) is 5.91 Å². The van der Waals surface area contributed by atoms with Crippen molar-refractivity contribution in [2.75, 3.05) is 10.6 Å². The quantitative estimate of drug-likeness (QED) is 0.391. The van der Waals surface area contributed by atoms with Crippen molar-refractivity contribution in [3.05, 3.63) is 95.8 Å². The molecule has 0 atom stereocenters. The van der Waals surface area contributed by atoms with Crippen LogP contribution < -0.4 is 10.6 Å². The molecule has 0 unspecified atom stereocenters. The van der Waals surface area contributed by atoms with Crippen LogP contribution in [0.3, 0.4) is 0 Å². The average Bonchev–Trinajstić information content (AvgIpc) is 3.20. The number of para-hydroxylation sites is 1. The number of nitrogens with one attached hydrogen (secondary N) is 3. The van der Waals surface area contributed by atoms with E-state index in [2.05, 4.69) is 20.6 Å². The van der Waals surface area contributed by atoms with E-state index in [1.807, 2.05) is 60.7 Å². The third kappa shape index (κ3) is 3.90. The number of anilines is 3. The highest BCUT2D eigenvalue weighted by Crippen LogP contribution is 2.39. The van der Waals surface area contributed by atoms with Crippen LogP contribution in [-0.4, -0.2) is 21.7 Å². The monoisotopic (exact) mass is 422 g/mol. The number of carbonyl (C=O) groups excluding carboxylic acids is 2. The Morgan fingerprint density at radius 1 is 0.938 bits per heavy atom. The van der Waals surface area contributed by atoms with Crippen LogP contribution in [0.2, 0.25) is 0 Å². The lowest BCUT2D eigenvalue weighted by Gasteiger charge is -2.14. The number of nitrogens with zero attached hydrogens (tertiary/aromatic N) is 1. The van der Waals surface area contributed by atoms with Crippen LogP contribution in [0, 0.1) is 0 Å². The van der Waals surface area contributed by atoms with Crippen molar-refractivity contribution in [1.82, 2.24) is 9.97 Å². The summed E-state index contributed by atoms with van der Waals surface area (Å²) in [6, 6.07) is 22.5. The first-order valence-corrected chi connectivity index (χ1v) is 10.6. The Balaban J connectivity index is 1.52. The first kappa shape index (κ1) is 19.8. The number of aromatic amines is 1. The summed E-state index contributed by atoms with van der Waals surface area (Å²) in [4.78, 5) is 33.1. The van der Waals surface area contributed by atoms with E-state index in [4.69, 9.17) is 0 Å². The maximum Gasteiger partial charge on any atom is 0.256 e. The normalized spacial score (nSPS) is 12.8. The summed E-state index contributed by atoms with van der Waals surface area (Å²) in [5.74, 6) is 0.360. The fourth-order valence-electron chi connectivity index (χ4n) is 4.04. The molecule has 6 nitrogen and oxygen atoms in total. The van der Waals surface area contributed by atoms with Crippen molar-refractivity contribution in [2.45, 2.75) is 19.3 Å². The molecule has 0 spiro atoms. The lowest BCUT2D eigenvalue weighted by atomic mass is 9.95. The maximum atomic E-state index is 12.8. The molecule has 4 aromatic rings. The number of hydrogen-bond acceptors (Lipinski definition) is 4. The SMILES string of the molecule is O=C(Nc1cc(-c2[nH]c3c(c2Nc2ccccc2)C(=O)CCC3)ccn1)c1ccccc1. The number of Topliss-reactive ketones (excluding diaryl/α,β-unsaturated/α-hetero) is 1. The summed E-state index contributed by atoms with van der Waals surface area (Å²) in [5.41, 5.74) is 5.55. The molecule has 0 saturated heterocycles. The largest absolute Gasteiger partial charge is 0.356 e. The zero-order valence-electron chi connectivity index (χ0n) is 17.4. The predicted molar refractivity (Wildman–Crippen MR) is 125 cm³/mol. The smallest absolute Gasteiger partial charge is 0.256 e. The van der Waals surface area contributed by atoms with Crippen LogP contribution in [0.15, 0.2) is 79.0 Å². The van der Waals surface area contributed by atoms with Gasteiger partial charge in [0, 0.05) is 35.1 Å². The van der Waals surface area contributed by atoms with Gasteiger partial charge in [0.05, 0.1) is 16.9 Å². The van der Waals surface area contributed by atoms with Crippen LogP contribution in [-0.2, 0) is 6.42 Å². The van der Waals surface area contributed by atoms with Crippen molar-refractivity contribution in [3.8, 4) is 11.3 Å². The molecule has 1 aliphatic carbocycles. The summed E-state index contributed by atoms with van der Waals surface area (Å²) in [7, 11) is 0. The summed E-state index contributed by atoms with van der Waals surface area (Å²) in [6.07, 6.45) is 3.87. The van der Waals surface area contributed by atoms with Gasteiger partial charge < -0.3 is 15.6 Å². The maximum absolute atomic E-state index is 12.8. The van der Waals surface area contributed by atoms with Crippen LogP contribution in [0.25, 0.3) is 11.3 Å². The van der Waals surface area contributed by atoms with Gasteiger partial charge in [0.2, 0.25) is 0 Å². The molecule has 2 heterocycles. The van der Waals surface area contributed by atoms with Gasteiger partial charge in [0.15, 0.2) is 5.78 Å². The van der Waals surface area contributed by atoms with E-state index in [1.165, 1.54) is 0 Å². The van der Waals surface area contributed by atoms with Gasteiger partial charge in [-0.3, -0.25) is 9.59 Å². The molecular formula is C26H22N4O2. The van der Waals surface area contributed by atoms with Crippen molar-refractivity contribution >= 4 is 28.9 Å². The van der Waals surface area contributed by atoms with E-state index in [0.29, 0.717) is 17.8 Å². The van der Waals surface area contributed by atoms with Crippen molar-refractivity contribution in [1.29, 1.82) is 0 Å². The van der Waals surface area contributed by atoms with E-state index in [9.17, 15) is 9.59 Å². The van der Waals surface area contributed by atoms with E-state index < -0.39 is 0 Å². The zero-order valence-corrected chi connectivity index (χ0v) is 17.4. The predicted octanol–water partition coefficient (Wildman–Crippen LogP) is 5.59. The molecule has 32 heavy (non-hydrogen) atoms. The fraction of sp³-hybridized carbons (Fsp3) is 0.115. The van der Waals surface area contributed by atoms with Gasteiger partial charge in [0.1, 0.15) is 5.82 Å². The Hall–Kier alpha value is -4.19. The Morgan fingerprint density at radius 3 is 2.47 bits per heavy atom. The molecular weight excluding hydrogens is 400 g/mol. The first-order chi connectivity index (χ1) is 15.7. The number of rotatable bonds is 5. The highest BCUT2D eigenvalue weighted by Gasteiger charge is 2.27. The summed E-state index contributed by atoms with van der Waals surface area (Å²) < 4.78 is 0. The van der Waals surface area contributed by atoms with Gasteiger partial charge in [-0.25, -0.2) is 4.98 Å². The lowest BCUT2D eigenvalue weighted by molar-refractivity contribution is 0.0972. The van der Waals surface area contributed by atoms with Crippen molar-refractivity contribution in [3.63, 3.8) is 0 Å². The van der Waals surface area contributed by atoms with Gasteiger partial charge in [-0.15, -0.1) is 0 Å². The van der Waals surface area contributed by atoms with Gasteiger partial charge in [-0.05, 0) is 49.2 Å². The van der Waals surface area contributed by atoms with Gasteiger partial charge in [-0.2, -0.15) is 0 Å². The van der Waals surface area contributed by atoms with E-state index in [-0.39, 0.29) is 11.7 Å². The Bertz CT molecular complexity index is 1280. The summed E-state index contributed by atoms with van der Waals surface area (Å²) in [6.45, 7) is 0. The second-order valence-electron chi connectivity index (χ2n) is 7.75. The Labute approximate surface area is 185 Å². The molecule has 2 aromatic heterocycles. The fourth-order valence-corrected chi connectivity index (χ4v) is 4.04. The van der Waals surface area contributed by atoms with Crippen LogP contribution >= 0.6 is 0 Å². The summed E-state index contributed by atoms with van der Waals surface area (Å²) in [5, 5.41) is 6.29. The molecule has 5 rings (SSSR count). The molecule has 0 aliphatic heterocycles. The molecule has 6 heteroatoms. The summed E-state index contributed by atoms with van der Waals surface area (Å²) >= 11 is 0. The number of hydrogen-bond donors (Lipinski definition) is 3. The number of aromatic nitrogens is 2. The highest BCUT2D eigenvalue weighted by atomic mass is 16.1. The van der Waals surface area contributed by atoms with E-state index in [0.717, 1.165) is 46.7 Å². The van der Waals surface area contributed by atoms with Crippen LogP contribution in [0.4, 0.5) is 17.2 Å². The molecule has 0 bridgehead atoms. The number of aryl methyl sites for hydroxylation is 1. The number of pyridine rings is 1. The minimum Gasteiger partial charge on any atom is -0.356 e. The van der Waals surface area contributed by atoms with Crippen molar-refractivity contribution < 1.29 is 9.59 Å². The third-order valence-corrected chi connectivity index (χ3v) is 5.56. The molecule has 158 valence electrons. The number of H-pyrrole nitrogens is 1. The standard InChI is InChI=1S/C26H22N4O2/c31-21-13-7-12-20-23(21)25(28-19-10-5-2-6-11-19)24(29-20)18-14-15-27-22(16-18)30-26(32)17-8-3-1-4-9-17/h1-6,8-11,14-16,28-29H,7,12-13H2,(H,27,30,32). The second kappa shape index (κ2) is 8.51. The minimum atomic E-state index is -0.223. The number of ketones is 1. The number of amides is 1. The number of carbonyl (C=O) groups is 2. The number of benzene rings is 2. The highest BCUT2D eigenvalue weighted by molar-refractivity contribution is 6.08. The zero-order chi connectivity index (χ0) is 21.9. The average molecular weight is 422 g/mol. The molecule has 1 aliphatic rings. The van der Waals surface area contributed by atoms with Crippen LogP contribution in [0.1, 0.15) is 39.3 Å². The molecule has 1 amide bonds. The molecule has 3 N–H and O–H groups in total. The number of fused-ring (bicyclic) bond motifs is 1. The van der Waals surface area contributed by atoms with E-state index >= 15 is 0 Å².